The van der Waals surface area contributed by atoms with Crippen molar-refractivity contribution in [1.29, 1.82) is 0 Å². The molecule has 0 aliphatic carbocycles. The van der Waals surface area contributed by atoms with Crippen LogP contribution in [0.5, 0.6) is 0 Å². The summed E-state index contributed by atoms with van der Waals surface area (Å²) >= 11 is 3.22. The Labute approximate surface area is 115 Å². The van der Waals surface area contributed by atoms with E-state index >= 15 is 0 Å². The number of hydrogen-bond donors (Lipinski definition) is 1. The van der Waals surface area contributed by atoms with Crippen molar-refractivity contribution in [3.8, 4) is 0 Å². The second-order valence-corrected chi connectivity index (χ2v) is 6.74. The molecule has 1 atom stereocenters. The van der Waals surface area contributed by atoms with E-state index in [0.29, 0.717) is 18.9 Å². The summed E-state index contributed by atoms with van der Waals surface area (Å²) in [7, 11) is 0. The Kier molecular flexibility index (Phi) is 5.40. The van der Waals surface area contributed by atoms with Gasteiger partial charge in [-0.2, -0.15) is 0 Å². The van der Waals surface area contributed by atoms with Crippen LogP contribution in [0.15, 0.2) is 4.34 Å². The van der Waals surface area contributed by atoms with E-state index in [4.69, 9.17) is 4.74 Å². The molecule has 1 unspecified atom stereocenters. The molecule has 0 bridgehead atoms. The Bertz CT molecular complexity index is 391. The molecule has 0 saturated carbocycles. The quantitative estimate of drug-likeness (QED) is 0.634. The third kappa shape index (κ3) is 4.55. The van der Waals surface area contributed by atoms with Crippen LogP contribution in [0.4, 0.5) is 0 Å². The predicted molar refractivity (Wildman–Crippen MR) is 71.9 cm³/mol. The van der Waals surface area contributed by atoms with Gasteiger partial charge in [-0.15, -0.1) is 10.2 Å². The van der Waals surface area contributed by atoms with E-state index in [-0.39, 0.29) is 5.91 Å². The van der Waals surface area contributed by atoms with Gasteiger partial charge in [-0.1, -0.05) is 23.1 Å². The maximum atomic E-state index is 11.6. The van der Waals surface area contributed by atoms with Gasteiger partial charge < -0.3 is 10.1 Å². The highest BCUT2D eigenvalue weighted by Crippen LogP contribution is 2.21. The highest BCUT2D eigenvalue weighted by molar-refractivity contribution is 8.01. The molecule has 2 rings (SSSR count). The number of hydrogen-bond acceptors (Lipinski definition) is 6. The molecule has 100 valence electrons. The highest BCUT2D eigenvalue weighted by Gasteiger charge is 2.18. The van der Waals surface area contributed by atoms with Crippen LogP contribution >= 0.6 is 23.1 Å². The molecule has 1 aromatic heterocycles. The number of aromatic nitrogens is 2. The molecule has 1 aliphatic rings. The maximum absolute atomic E-state index is 11.6. The van der Waals surface area contributed by atoms with Crippen molar-refractivity contribution in [3.63, 3.8) is 0 Å². The lowest BCUT2D eigenvalue weighted by Crippen LogP contribution is -2.27. The fraction of sp³-hybridized carbons (Fsp3) is 0.727. The molecule has 1 N–H and O–H groups in total. The van der Waals surface area contributed by atoms with Gasteiger partial charge in [0.25, 0.3) is 0 Å². The SMILES string of the molecule is Cc1nnc(SCCNC(=O)CC2CCOC2)s1. The zero-order valence-electron chi connectivity index (χ0n) is 10.3. The van der Waals surface area contributed by atoms with Crippen LogP contribution in [-0.4, -0.2) is 41.6 Å². The second-order valence-electron chi connectivity index (χ2n) is 4.22. The predicted octanol–water partition coefficient (Wildman–Crippen LogP) is 1.48. The van der Waals surface area contributed by atoms with Crippen LogP contribution in [0, 0.1) is 12.8 Å². The minimum Gasteiger partial charge on any atom is -0.381 e. The van der Waals surface area contributed by atoms with E-state index in [1.165, 1.54) is 0 Å². The summed E-state index contributed by atoms with van der Waals surface area (Å²) in [4.78, 5) is 11.6. The molecule has 2 heterocycles. The van der Waals surface area contributed by atoms with Crippen LogP contribution in [0.2, 0.25) is 0 Å². The lowest BCUT2D eigenvalue weighted by atomic mass is 10.1. The van der Waals surface area contributed by atoms with E-state index in [0.717, 1.165) is 34.7 Å². The maximum Gasteiger partial charge on any atom is 0.220 e. The van der Waals surface area contributed by atoms with Crippen molar-refractivity contribution in [2.75, 3.05) is 25.5 Å². The Hall–Kier alpha value is -0.660. The second kappa shape index (κ2) is 7.06. The minimum atomic E-state index is 0.125. The third-order valence-electron chi connectivity index (χ3n) is 2.66. The number of thioether (sulfide) groups is 1. The number of nitrogens with zero attached hydrogens (tertiary/aromatic N) is 2. The average Bonchev–Trinajstić information content (AvgIpc) is 2.96. The number of nitrogens with one attached hydrogen (secondary N) is 1. The van der Waals surface area contributed by atoms with E-state index in [1.54, 1.807) is 23.1 Å². The van der Waals surface area contributed by atoms with E-state index in [9.17, 15) is 4.79 Å². The molecule has 18 heavy (non-hydrogen) atoms. The number of amides is 1. The average molecular weight is 287 g/mol. The largest absolute Gasteiger partial charge is 0.381 e. The van der Waals surface area contributed by atoms with Gasteiger partial charge in [0.2, 0.25) is 5.91 Å². The smallest absolute Gasteiger partial charge is 0.220 e. The lowest BCUT2D eigenvalue weighted by Gasteiger charge is -2.07. The van der Waals surface area contributed by atoms with Crippen LogP contribution in [0.25, 0.3) is 0 Å². The van der Waals surface area contributed by atoms with Crippen molar-refractivity contribution in [3.05, 3.63) is 5.01 Å². The first-order valence-electron chi connectivity index (χ1n) is 6.01. The Morgan fingerprint density at radius 3 is 3.17 bits per heavy atom. The van der Waals surface area contributed by atoms with Gasteiger partial charge in [-0.05, 0) is 19.3 Å². The normalized spacial score (nSPS) is 19.1. The zero-order chi connectivity index (χ0) is 12.8. The van der Waals surface area contributed by atoms with Crippen molar-refractivity contribution < 1.29 is 9.53 Å². The molecule has 1 aromatic rings. The van der Waals surface area contributed by atoms with Crippen molar-refractivity contribution in [2.45, 2.75) is 24.1 Å². The van der Waals surface area contributed by atoms with E-state index < -0.39 is 0 Å². The van der Waals surface area contributed by atoms with Gasteiger partial charge in [-0.25, -0.2) is 0 Å². The van der Waals surface area contributed by atoms with Crippen molar-refractivity contribution in [1.82, 2.24) is 15.5 Å². The molecule has 1 amide bonds. The molecular formula is C11H17N3O2S2. The standard InChI is InChI=1S/C11H17N3O2S2/c1-8-13-14-11(18-8)17-5-3-12-10(15)6-9-2-4-16-7-9/h9H,2-7H2,1H3,(H,12,15). The molecule has 0 aromatic carbocycles. The number of carbonyl (C=O) groups excluding carboxylic acids is 1. The summed E-state index contributed by atoms with van der Waals surface area (Å²) in [6.07, 6.45) is 1.59. The van der Waals surface area contributed by atoms with Gasteiger partial charge in [0.1, 0.15) is 5.01 Å². The van der Waals surface area contributed by atoms with Crippen LogP contribution < -0.4 is 5.32 Å². The van der Waals surface area contributed by atoms with Gasteiger partial charge in [0, 0.05) is 31.9 Å². The van der Waals surface area contributed by atoms with Crippen molar-refractivity contribution >= 4 is 29.0 Å². The topological polar surface area (TPSA) is 64.1 Å². The first kappa shape index (κ1) is 13.8. The molecule has 7 heteroatoms. The van der Waals surface area contributed by atoms with E-state index in [2.05, 4.69) is 15.5 Å². The monoisotopic (exact) mass is 287 g/mol. The molecule has 1 fully saturated rings. The first-order chi connectivity index (χ1) is 8.74. The zero-order valence-corrected chi connectivity index (χ0v) is 12.0. The van der Waals surface area contributed by atoms with Gasteiger partial charge in [0.05, 0.1) is 0 Å². The summed E-state index contributed by atoms with van der Waals surface area (Å²) in [5.41, 5.74) is 0. The summed E-state index contributed by atoms with van der Waals surface area (Å²) < 4.78 is 6.21. The molecule has 1 saturated heterocycles. The van der Waals surface area contributed by atoms with Gasteiger partial charge in [0.15, 0.2) is 4.34 Å². The first-order valence-corrected chi connectivity index (χ1v) is 7.81. The Balaban J connectivity index is 1.56. The summed E-state index contributed by atoms with van der Waals surface area (Å²) in [6.45, 7) is 4.14. The fourth-order valence-corrected chi connectivity index (χ4v) is 3.49. The molecular weight excluding hydrogens is 270 g/mol. The lowest BCUT2D eigenvalue weighted by molar-refractivity contribution is -0.121. The van der Waals surface area contributed by atoms with Gasteiger partial charge >= 0.3 is 0 Å². The highest BCUT2D eigenvalue weighted by atomic mass is 32.2. The third-order valence-corrected chi connectivity index (χ3v) is 4.63. The summed E-state index contributed by atoms with van der Waals surface area (Å²) in [6, 6.07) is 0. The van der Waals surface area contributed by atoms with Crippen molar-refractivity contribution in [2.24, 2.45) is 5.92 Å². The fourth-order valence-electron chi connectivity index (χ4n) is 1.74. The number of aryl methyl sites for hydroxylation is 1. The van der Waals surface area contributed by atoms with Crippen LogP contribution in [0.1, 0.15) is 17.8 Å². The number of rotatable bonds is 6. The molecule has 0 radical (unpaired) electrons. The minimum absolute atomic E-state index is 0.125. The van der Waals surface area contributed by atoms with Crippen LogP contribution in [-0.2, 0) is 9.53 Å². The van der Waals surface area contributed by atoms with Gasteiger partial charge in [-0.3, -0.25) is 4.79 Å². The summed E-state index contributed by atoms with van der Waals surface area (Å²) in [5.74, 6) is 1.37. The Morgan fingerprint density at radius 1 is 1.61 bits per heavy atom. The van der Waals surface area contributed by atoms with Crippen LogP contribution in [0.3, 0.4) is 0 Å². The van der Waals surface area contributed by atoms with E-state index in [1.807, 2.05) is 6.92 Å². The molecule has 0 spiro atoms. The Morgan fingerprint density at radius 2 is 2.50 bits per heavy atom. The summed E-state index contributed by atoms with van der Waals surface area (Å²) in [5, 5.41) is 11.9. The number of ether oxygens (including phenoxy) is 1. The molecule has 5 nitrogen and oxygen atoms in total. The number of carbonyl (C=O) groups is 1. The molecule has 1 aliphatic heterocycles.